The molecule has 0 aliphatic carbocycles. The van der Waals surface area contributed by atoms with Crippen molar-refractivity contribution >= 4 is 5.69 Å². The van der Waals surface area contributed by atoms with Crippen LogP contribution in [0.1, 0.15) is 16.7 Å². The summed E-state index contributed by atoms with van der Waals surface area (Å²) in [4.78, 5) is 2.16. The van der Waals surface area contributed by atoms with E-state index in [1.807, 2.05) is 51.2 Å². The van der Waals surface area contributed by atoms with Gasteiger partial charge in [0.2, 0.25) is 0 Å². The topological polar surface area (TPSA) is 32.7 Å². The minimum atomic E-state index is 0.387. The van der Waals surface area contributed by atoms with E-state index in [9.17, 15) is 5.11 Å². The maximum Gasteiger partial charge on any atom is 0.121 e. The van der Waals surface area contributed by atoms with Crippen molar-refractivity contribution in [1.82, 2.24) is 0 Å². The van der Waals surface area contributed by atoms with Crippen LogP contribution in [-0.2, 0) is 6.54 Å². The third kappa shape index (κ3) is 3.05. The fourth-order valence-corrected chi connectivity index (χ4v) is 2.35. The van der Waals surface area contributed by atoms with E-state index in [0.29, 0.717) is 5.75 Å². The Morgan fingerprint density at radius 1 is 1.10 bits per heavy atom. The maximum atomic E-state index is 9.82. The second kappa shape index (κ2) is 5.87. The summed E-state index contributed by atoms with van der Waals surface area (Å²) in [6.07, 6.45) is 0. The normalized spacial score (nSPS) is 10.4. The van der Waals surface area contributed by atoms with Gasteiger partial charge in [0, 0.05) is 25.3 Å². The molecule has 0 radical (unpaired) electrons. The molecular weight excluding hydrogens is 250 g/mol. The lowest BCUT2D eigenvalue weighted by Gasteiger charge is -2.21. The van der Waals surface area contributed by atoms with Crippen LogP contribution in [-0.4, -0.2) is 19.3 Å². The van der Waals surface area contributed by atoms with Gasteiger partial charge < -0.3 is 14.7 Å². The molecule has 3 nitrogen and oxygen atoms in total. The van der Waals surface area contributed by atoms with Gasteiger partial charge in [0.05, 0.1) is 7.11 Å². The molecule has 2 rings (SSSR count). The number of aryl methyl sites for hydroxylation is 2. The van der Waals surface area contributed by atoms with Crippen molar-refractivity contribution in [3.05, 3.63) is 53.1 Å². The fraction of sp³-hybridized carbons (Fsp3) is 0.294. The second-order valence-electron chi connectivity index (χ2n) is 5.14. The van der Waals surface area contributed by atoms with Gasteiger partial charge in [-0.2, -0.15) is 0 Å². The Kier molecular flexibility index (Phi) is 4.18. The SMILES string of the molecule is COc1cccc(N(C)Cc2cc(C)c(O)c(C)c2)c1. The first kappa shape index (κ1) is 14.3. The Hall–Kier alpha value is -2.16. The molecule has 0 unspecified atom stereocenters. The molecule has 0 heterocycles. The summed E-state index contributed by atoms with van der Waals surface area (Å²) in [5.74, 6) is 1.24. The average molecular weight is 271 g/mol. The van der Waals surface area contributed by atoms with Crippen LogP contribution in [0, 0.1) is 13.8 Å². The molecule has 1 N–H and O–H groups in total. The highest BCUT2D eigenvalue weighted by molar-refractivity contribution is 5.51. The van der Waals surface area contributed by atoms with Gasteiger partial charge >= 0.3 is 0 Å². The highest BCUT2D eigenvalue weighted by Crippen LogP contribution is 2.25. The smallest absolute Gasteiger partial charge is 0.121 e. The summed E-state index contributed by atoms with van der Waals surface area (Å²) in [5.41, 5.74) is 4.12. The third-order valence-electron chi connectivity index (χ3n) is 3.46. The predicted octanol–water partition coefficient (Wildman–Crippen LogP) is 3.65. The third-order valence-corrected chi connectivity index (χ3v) is 3.46. The van der Waals surface area contributed by atoms with E-state index in [0.717, 1.165) is 29.1 Å². The Morgan fingerprint density at radius 2 is 1.75 bits per heavy atom. The summed E-state index contributed by atoms with van der Waals surface area (Å²) >= 11 is 0. The van der Waals surface area contributed by atoms with E-state index in [1.54, 1.807) is 7.11 Å². The first-order valence-electron chi connectivity index (χ1n) is 6.65. The molecule has 0 saturated heterocycles. The molecule has 0 atom stereocenters. The predicted molar refractivity (Wildman–Crippen MR) is 82.7 cm³/mol. The molecule has 0 aliphatic heterocycles. The molecule has 20 heavy (non-hydrogen) atoms. The number of nitrogens with zero attached hydrogens (tertiary/aromatic N) is 1. The van der Waals surface area contributed by atoms with E-state index in [1.165, 1.54) is 5.56 Å². The number of anilines is 1. The van der Waals surface area contributed by atoms with Crippen LogP contribution in [0.25, 0.3) is 0 Å². The molecule has 0 bridgehead atoms. The number of rotatable bonds is 4. The van der Waals surface area contributed by atoms with Gasteiger partial charge in [-0.25, -0.2) is 0 Å². The van der Waals surface area contributed by atoms with E-state index >= 15 is 0 Å². The number of hydrogen-bond donors (Lipinski definition) is 1. The second-order valence-corrected chi connectivity index (χ2v) is 5.14. The molecule has 0 amide bonds. The highest BCUT2D eigenvalue weighted by atomic mass is 16.5. The average Bonchev–Trinajstić information content (AvgIpc) is 2.44. The van der Waals surface area contributed by atoms with Gasteiger partial charge in [0.15, 0.2) is 0 Å². The van der Waals surface area contributed by atoms with Crippen molar-refractivity contribution in [2.45, 2.75) is 20.4 Å². The summed E-state index contributed by atoms with van der Waals surface area (Å²) in [7, 11) is 3.72. The van der Waals surface area contributed by atoms with Crippen LogP contribution in [0.4, 0.5) is 5.69 Å². The summed E-state index contributed by atoms with van der Waals surface area (Å²) in [6.45, 7) is 4.64. The molecule has 0 aromatic heterocycles. The first-order valence-corrected chi connectivity index (χ1v) is 6.65. The minimum absolute atomic E-state index is 0.387. The summed E-state index contributed by atoms with van der Waals surface area (Å²) < 4.78 is 5.25. The van der Waals surface area contributed by atoms with E-state index in [2.05, 4.69) is 11.0 Å². The zero-order valence-electron chi connectivity index (χ0n) is 12.5. The zero-order valence-corrected chi connectivity index (χ0v) is 12.5. The lowest BCUT2D eigenvalue weighted by atomic mass is 10.1. The van der Waals surface area contributed by atoms with E-state index < -0.39 is 0 Å². The molecule has 0 fully saturated rings. The number of phenols is 1. The van der Waals surface area contributed by atoms with Crippen molar-refractivity contribution < 1.29 is 9.84 Å². The lowest BCUT2D eigenvalue weighted by Crippen LogP contribution is -2.16. The number of methoxy groups -OCH3 is 1. The van der Waals surface area contributed by atoms with E-state index in [-0.39, 0.29) is 0 Å². The van der Waals surface area contributed by atoms with Crippen LogP contribution >= 0.6 is 0 Å². The Bertz CT molecular complexity index is 585. The Morgan fingerprint density at radius 3 is 2.35 bits per heavy atom. The van der Waals surface area contributed by atoms with Gasteiger partial charge in [-0.15, -0.1) is 0 Å². The number of hydrogen-bond acceptors (Lipinski definition) is 3. The molecule has 0 aliphatic rings. The summed E-state index contributed by atoms with van der Waals surface area (Å²) in [5, 5.41) is 9.82. The van der Waals surface area contributed by atoms with E-state index in [4.69, 9.17) is 4.74 Å². The Labute approximate surface area is 120 Å². The molecule has 0 spiro atoms. The van der Waals surface area contributed by atoms with Crippen molar-refractivity contribution in [2.75, 3.05) is 19.1 Å². The molecule has 3 heteroatoms. The minimum Gasteiger partial charge on any atom is -0.507 e. The first-order chi connectivity index (χ1) is 9.51. The van der Waals surface area contributed by atoms with Crippen LogP contribution in [0.15, 0.2) is 36.4 Å². The molecular formula is C17H21NO2. The zero-order chi connectivity index (χ0) is 14.7. The number of aromatic hydroxyl groups is 1. The van der Waals surface area contributed by atoms with Gasteiger partial charge in [-0.05, 0) is 42.7 Å². The number of benzene rings is 2. The quantitative estimate of drug-likeness (QED) is 0.921. The standard InChI is InChI=1S/C17H21NO2/c1-12-8-14(9-13(2)17(12)19)11-18(3)15-6-5-7-16(10-15)20-4/h5-10,19H,11H2,1-4H3. The summed E-state index contributed by atoms with van der Waals surface area (Å²) in [6, 6.07) is 12.0. The molecule has 2 aromatic carbocycles. The number of phenolic OH excluding ortho intramolecular Hbond substituents is 1. The largest absolute Gasteiger partial charge is 0.507 e. The fourth-order valence-electron chi connectivity index (χ4n) is 2.35. The van der Waals surface area contributed by atoms with Crippen molar-refractivity contribution in [3.63, 3.8) is 0 Å². The molecule has 106 valence electrons. The van der Waals surface area contributed by atoms with Gasteiger partial charge in [-0.3, -0.25) is 0 Å². The van der Waals surface area contributed by atoms with Crippen molar-refractivity contribution in [2.24, 2.45) is 0 Å². The maximum absolute atomic E-state index is 9.82. The van der Waals surface area contributed by atoms with Crippen LogP contribution in [0.5, 0.6) is 11.5 Å². The van der Waals surface area contributed by atoms with Gasteiger partial charge in [0.1, 0.15) is 11.5 Å². The van der Waals surface area contributed by atoms with Gasteiger partial charge in [0.25, 0.3) is 0 Å². The van der Waals surface area contributed by atoms with Gasteiger partial charge in [-0.1, -0.05) is 18.2 Å². The monoisotopic (exact) mass is 271 g/mol. The van der Waals surface area contributed by atoms with Crippen LogP contribution in [0.2, 0.25) is 0 Å². The van der Waals surface area contributed by atoms with Crippen molar-refractivity contribution in [1.29, 1.82) is 0 Å². The molecule has 2 aromatic rings. The lowest BCUT2D eigenvalue weighted by molar-refractivity contribution is 0.415. The van der Waals surface area contributed by atoms with Crippen LogP contribution < -0.4 is 9.64 Å². The van der Waals surface area contributed by atoms with Crippen LogP contribution in [0.3, 0.4) is 0 Å². The Balaban J connectivity index is 2.20. The van der Waals surface area contributed by atoms with Crippen molar-refractivity contribution in [3.8, 4) is 11.5 Å². The number of ether oxygens (including phenoxy) is 1. The molecule has 0 saturated carbocycles. The highest BCUT2D eigenvalue weighted by Gasteiger charge is 2.07.